The fourth-order valence-electron chi connectivity index (χ4n) is 3.73. The Morgan fingerprint density at radius 3 is 2.38 bits per heavy atom. The van der Waals surface area contributed by atoms with Crippen LogP contribution in [-0.4, -0.2) is 42.6 Å². The molecule has 0 radical (unpaired) electrons. The Bertz CT molecular complexity index is 728. The molecule has 0 heterocycles. The van der Waals surface area contributed by atoms with E-state index in [1.807, 2.05) is 44.4 Å². The predicted molar refractivity (Wildman–Crippen MR) is 104 cm³/mol. The monoisotopic (exact) mass is 352 g/mol. The molecule has 4 unspecified atom stereocenters. The molecule has 4 nitrogen and oxygen atoms in total. The lowest BCUT2D eigenvalue weighted by Crippen LogP contribution is -2.42. The Hall–Kier alpha value is -2.33. The number of hydrogen-bond donors (Lipinski definition) is 2. The van der Waals surface area contributed by atoms with Crippen molar-refractivity contribution in [2.45, 2.75) is 25.3 Å². The number of phenols is 1. The largest absolute Gasteiger partial charge is 0.508 e. The first-order valence-corrected chi connectivity index (χ1v) is 9.24. The molecule has 0 bridgehead atoms. The maximum atomic E-state index is 12.7. The number of rotatable bonds is 7. The van der Waals surface area contributed by atoms with Gasteiger partial charge in [-0.15, -0.1) is 0 Å². The fraction of sp³-hybridized carbons (Fsp3) is 0.409. The van der Waals surface area contributed by atoms with Crippen LogP contribution in [0.15, 0.2) is 54.6 Å². The van der Waals surface area contributed by atoms with E-state index in [1.54, 1.807) is 12.1 Å². The average Bonchev–Trinajstić information content (AvgIpc) is 3.31. The molecule has 4 atom stereocenters. The normalized spacial score (nSPS) is 22.8. The Morgan fingerprint density at radius 2 is 1.77 bits per heavy atom. The molecular weight excluding hydrogens is 324 g/mol. The van der Waals surface area contributed by atoms with E-state index in [4.69, 9.17) is 0 Å². The zero-order valence-electron chi connectivity index (χ0n) is 15.7. The van der Waals surface area contributed by atoms with Gasteiger partial charge in [0.05, 0.1) is 0 Å². The molecule has 1 aliphatic rings. The van der Waals surface area contributed by atoms with Crippen LogP contribution in [0, 0.1) is 11.8 Å². The first-order chi connectivity index (χ1) is 12.5. The summed E-state index contributed by atoms with van der Waals surface area (Å²) >= 11 is 0. The number of aromatic hydroxyl groups is 1. The number of nitrogens with zero attached hydrogens (tertiary/aromatic N) is 1. The van der Waals surface area contributed by atoms with Crippen LogP contribution in [0.1, 0.15) is 24.0 Å². The molecule has 0 aliphatic heterocycles. The highest BCUT2D eigenvalue weighted by Crippen LogP contribution is 2.53. The molecule has 4 heteroatoms. The van der Waals surface area contributed by atoms with Gasteiger partial charge in [-0.05, 0) is 55.6 Å². The van der Waals surface area contributed by atoms with Gasteiger partial charge in [-0.25, -0.2) is 0 Å². The number of amides is 1. The second-order valence-electron chi connectivity index (χ2n) is 7.55. The van der Waals surface area contributed by atoms with Crippen molar-refractivity contribution in [3.63, 3.8) is 0 Å². The van der Waals surface area contributed by atoms with E-state index in [-0.39, 0.29) is 23.6 Å². The standard InChI is InChI=1S/C22H28N2O2/c1-15-20(17-7-5-4-6-8-17)21(15)22(26)23-14-18(24(2)3)13-16-9-11-19(25)12-10-16/h4-12,15,18,20-21,25H,13-14H2,1-3H3,(H,23,26). The van der Waals surface area contributed by atoms with Crippen molar-refractivity contribution in [2.24, 2.45) is 11.8 Å². The molecule has 1 aliphatic carbocycles. The highest BCUT2D eigenvalue weighted by molar-refractivity contribution is 5.83. The van der Waals surface area contributed by atoms with Gasteiger partial charge in [0.2, 0.25) is 5.91 Å². The number of carbonyl (C=O) groups excluding carboxylic acids is 1. The van der Waals surface area contributed by atoms with Crippen LogP contribution in [-0.2, 0) is 11.2 Å². The van der Waals surface area contributed by atoms with Gasteiger partial charge in [0, 0.05) is 18.5 Å². The van der Waals surface area contributed by atoms with Crippen molar-refractivity contribution in [1.29, 1.82) is 0 Å². The lowest BCUT2D eigenvalue weighted by atomic mass is 10.0. The molecule has 26 heavy (non-hydrogen) atoms. The van der Waals surface area contributed by atoms with E-state index in [1.165, 1.54) is 5.56 Å². The summed E-state index contributed by atoms with van der Waals surface area (Å²) in [7, 11) is 4.06. The van der Waals surface area contributed by atoms with Gasteiger partial charge in [-0.2, -0.15) is 0 Å². The van der Waals surface area contributed by atoms with Crippen molar-refractivity contribution in [3.05, 3.63) is 65.7 Å². The molecule has 3 rings (SSSR count). The summed E-state index contributed by atoms with van der Waals surface area (Å²) in [5.74, 6) is 1.24. The summed E-state index contributed by atoms with van der Waals surface area (Å²) in [6.07, 6.45) is 0.829. The molecule has 1 saturated carbocycles. The highest BCUT2D eigenvalue weighted by Gasteiger charge is 2.52. The summed E-state index contributed by atoms with van der Waals surface area (Å²) in [6, 6.07) is 17.8. The van der Waals surface area contributed by atoms with Crippen LogP contribution >= 0.6 is 0 Å². The molecule has 0 spiro atoms. The number of benzene rings is 2. The molecule has 0 saturated heterocycles. The topological polar surface area (TPSA) is 52.6 Å². The molecular formula is C22H28N2O2. The van der Waals surface area contributed by atoms with Crippen LogP contribution in [0.4, 0.5) is 0 Å². The molecule has 2 aromatic carbocycles. The van der Waals surface area contributed by atoms with E-state index < -0.39 is 0 Å². The summed E-state index contributed by atoms with van der Waals surface area (Å²) in [4.78, 5) is 14.8. The first kappa shape index (κ1) is 18.5. The van der Waals surface area contributed by atoms with E-state index in [2.05, 4.69) is 29.3 Å². The average molecular weight is 352 g/mol. The Balaban J connectivity index is 1.56. The van der Waals surface area contributed by atoms with Crippen molar-refractivity contribution < 1.29 is 9.90 Å². The van der Waals surface area contributed by atoms with Gasteiger partial charge in [0.1, 0.15) is 5.75 Å². The third-order valence-corrected chi connectivity index (χ3v) is 5.52. The maximum absolute atomic E-state index is 12.7. The fourth-order valence-corrected chi connectivity index (χ4v) is 3.73. The molecule has 2 N–H and O–H groups in total. The van der Waals surface area contributed by atoms with Crippen molar-refractivity contribution in [1.82, 2.24) is 10.2 Å². The second-order valence-corrected chi connectivity index (χ2v) is 7.55. The minimum atomic E-state index is 0.0777. The SMILES string of the molecule is CC1C(C(=O)NCC(Cc2ccc(O)cc2)N(C)C)C1c1ccccc1. The predicted octanol–water partition coefficient (Wildman–Crippen LogP) is 3.03. The third kappa shape index (κ3) is 4.25. The third-order valence-electron chi connectivity index (χ3n) is 5.52. The number of phenolic OH excluding ortho intramolecular Hbond substituents is 1. The summed E-state index contributed by atoms with van der Waals surface area (Å²) in [5.41, 5.74) is 2.41. The van der Waals surface area contributed by atoms with E-state index in [9.17, 15) is 9.90 Å². The molecule has 0 aromatic heterocycles. The van der Waals surface area contributed by atoms with Gasteiger partial charge in [0.15, 0.2) is 0 Å². The van der Waals surface area contributed by atoms with Gasteiger partial charge >= 0.3 is 0 Å². The van der Waals surface area contributed by atoms with Crippen molar-refractivity contribution >= 4 is 5.91 Å². The van der Waals surface area contributed by atoms with Gasteiger partial charge in [-0.1, -0.05) is 49.4 Å². The molecule has 1 fully saturated rings. The number of carbonyl (C=O) groups is 1. The van der Waals surface area contributed by atoms with E-state index in [0.29, 0.717) is 18.4 Å². The smallest absolute Gasteiger partial charge is 0.224 e. The van der Waals surface area contributed by atoms with E-state index >= 15 is 0 Å². The Labute approximate surface area is 155 Å². The van der Waals surface area contributed by atoms with Crippen LogP contribution < -0.4 is 5.32 Å². The Kier molecular flexibility index (Phi) is 5.62. The Morgan fingerprint density at radius 1 is 1.12 bits per heavy atom. The summed E-state index contributed by atoms with van der Waals surface area (Å²) in [5, 5.41) is 12.6. The van der Waals surface area contributed by atoms with Crippen molar-refractivity contribution in [2.75, 3.05) is 20.6 Å². The molecule has 1 amide bonds. The minimum absolute atomic E-state index is 0.0777. The lowest BCUT2D eigenvalue weighted by Gasteiger charge is -2.25. The summed E-state index contributed by atoms with van der Waals surface area (Å²) < 4.78 is 0. The number of nitrogens with one attached hydrogen (secondary N) is 1. The van der Waals surface area contributed by atoms with Gasteiger partial charge in [-0.3, -0.25) is 4.79 Å². The van der Waals surface area contributed by atoms with Crippen LogP contribution in [0.2, 0.25) is 0 Å². The second kappa shape index (κ2) is 7.92. The zero-order valence-corrected chi connectivity index (χ0v) is 15.7. The number of hydrogen-bond acceptors (Lipinski definition) is 3. The maximum Gasteiger partial charge on any atom is 0.224 e. The van der Waals surface area contributed by atoms with Gasteiger partial charge in [0.25, 0.3) is 0 Å². The zero-order chi connectivity index (χ0) is 18.7. The summed E-state index contributed by atoms with van der Waals surface area (Å²) in [6.45, 7) is 2.78. The van der Waals surface area contributed by atoms with Crippen LogP contribution in [0.5, 0.6) is 5.75 Å². The molecule has 2 aromatic rings. The number of likely N-dealkylation sites (N-methyl/N-ethyl adjacent to an activating group) is 1. The lowest BCUT2D eigenvalue weighted by molar-refractivity contribution is -0.122. The van der Waals surface area contributed by atoms with Gasteiger partial charge < -0.3 is 15.3 Å². The highest BCUT2D eigenvalue weighted by atomic mass is 16.3. The first-order valence-electron chi connectivity index (χ1n) is 9.24. The minimum Gasteiger partial charge on any atom is -0.508 e. The van der Waals surface area contributed by atoms with Crippen molar-refractivity contribution in [3.8, 4) is 5.75 Å². The molecule has 138 valence electrons. The van der Waals surface area contributed by atoms with Crippen LogP contribution in [0.25, 0.3) is 0 Å². The quantitative estimate of drug-likeness (QED) is 0.805. The van der Waals surface area contributed by atoms with E-state index in [0.717, 1.165) is 12.0 Å². The van der Waals surface area contributed by atoms with Crippen LogP contribution in [0.3, 0.4) is 0 Å².